The Morgan fingerprint density at radius 2 is 1.37 bits per heavy atom. The third-order valence-electron chi connectivity index (χ3n) is 4.92. The van der Waals surface area contributed by atoms with E-state index in [2.05, 4.69) is 35.9 Å². The molecule has 0 aromatic carbocycles. The fraction of sp³-hybridized carbons (Fsp3) is 0.500. The van der Waals surface area contributed by atoms with E-state index < -0.39 is 34.6 Å². The maximum atomic E-state index is 12.4. The van der Waals surface area contributed by atoms with Crippen LogP contribution in [0.5, 0.6) is 0 Å². The van der Waals surface area contributed by atoms with E-state index in [-0.39, 0.29) is 48.9 Å². The molecule has 208 valence electrons. The Morgan fingerprint density at radius 3 is 1.79 bits per heavy atom. The molecule has 9 N–H and O–H groups in total. The molecule has 0 aliphatic carbocycles. The number of amides is 3. The summed E-state index contributed by atoms with van der Waals surface area (Å²) in [5.41, 5.74) is 9.20. The van der Waals surface area contributed by atoms with Crippen molar-refractivity contribution in [1.82, 2.24) is 30.2 Å². The van der Waals surface area contributed by atoms with E-state index in [4.69, 9.17) is 16.2 Å². The lowest BCUT2D eigenvalue weighted by molar-refractivity contribution is -0.116. The van der Waals surface area contributed by atoms with E-state index in [0.717, 1.165) is 12.7 Å². The number of aromatic nitrogens is 4. The summed E-state index contributed by atoms with van der Waals surface area (Å²) in [7, 11) is 0. The number of aromatic amines is 2. The molecular formula is C22H34N10O6. The van der Waals surface area contributed by atoms with Crippen LogP contribution in [0.4, 0.5) is 27.8 Å². The summed E-state index contributed by atoms with van der Waals surface area (Å²) in [5.74, 6) is -1.19. The molecule has 0 bridgehead atoms. The number of H-pyrrole nitrogens is 2. The summed E-state index contributed by atoms with van der Waals surface area (Å²) in [6.45, 7) is 6.42. The standard InChI is InChI=1S/C22H34N10O6/c1-22(2,3)38-21(37)25-7-4-8-32(9-5-13(33)30-15-17(23)26-11-28-19(15)35)10-6-14(34)31-16-18(24)27-12-29-20(16)36/h11-12H,4-10H2,1-3H3,(H,25,37)(H,30,33)(H,31,34)(H3,23,26,28,35)(H3,24,27,29,36). The Kier molecular flexibility index (Phi) is 10.8. The minimum atomic E-state index is -0.629. The number of nitrogens with one attached hydrogen (secondary N) is 5. The minimum absolute atomic E-state index is 0.0237. The third kappa shape index (κ3) is 10.3. The first-order chi connectivity index (χ1) is 17.9. The van der Waals surface area contributed by atoms with Crippen molar-refractivity contribution >= 4 is 40.9 Å². The largest absolute Gasteiger partial charge is 0.444 e. The molecule has 0 aliphatic heterocycles. The van der Waals surface area contributed by atoms with Gasteiger partial charge in [0.25, 0.3) is 11.1 Å². The molecule has 2 aromatic heterocycles. The van der Waals surface area contributed by atoms with Crippen LogP contribution in [0.3, 0.4) is 0 Å². The average Bonchev–Trinajstić information content (AvgIpc) is 2.81. The van der Waals surface area contributed by atoms with Crippen molar-refractivity contribution in [3.05, 3.63) is 33.4 Å². The van der Waals surface area contributed by atoms with Crippen LogP contribution >= 0.6 is 0 Å². The second kappa shape index (κ2) is 13.7. The molecule has 0 unspecified atom stereocenters. The maximum Gasteiger partial charge on any atom is 0.407 e. The summed E-state index contributed by atoms with van der Waals surface area (Å²) >= 11 is 0. The van der Waals surface area contributed by atoms with E-state index in [1.54, 1.807) is 20.8 Å². The number of carbonyl (C=O) groups excluding carboxylic acids is 3. The van der Waals surface area contributed by atoms with E-state index in [1.165, 1.54) is 0 Å². The van der Waals surface area contributed by atoms with Gasteiger partial charge in [-0.05, 0) is 33.7 Å². The van der Waals surface area contributed by atoms with Gasteiger partial charge in [0, 0.05) is 32.5 Å². The zero-order chi connectivity index (χ0) is 28.3. The lowest BCUT2D eigenvalue weighted by Crippen LogP contribution is -2.36. The Balaban J connectivity index is 1.94. The molecule has 2 heterocycles. The normalized spacial score (nSPS) is 11.2. The molecule has 0 radical (unpaired) electrons. The van der Waals surface area contributed by atoms with Crippen molar-refractivity contribution < 1.29 is 19.1 Å². The molecule has 0 saturated carbocycles. The van der Waals surface area contributed by atoms with Gasteiger partial charge in [-0.3, -0.25) is 19.2 Å². The zero-order valence-electron chi connectivity index (χ0n) is 21.6. The Bertz CT molecular complexity index is 1160. The van der Waals surface area contributed by atoms with Crippen molar-refractivity contribution in [3.8, 4) is 0 Å². The number of nitrogens with two attached hydrogens (primary N) is 2. The van der Waals surface area contributed by atoms with Crippen LogP contribution in [0, 0.1) is 0 Å². The quantitative estimate of drug-likeness (QED) is 0.173. The monoisotopic (exact) mass is 534 g/mol. The van der Waals surface area contributed by atoms with Crippen molar-refractivity contribution in [1.29, 1.82) is 0 Å². The van der Waals surface area contributed by atoms with E-state index in [9.17, 15) is 24.0 Å². The number of hydrogen-bond acceptors (Lipinski definition) is 11. The average molecular weight is 535 g/mol. The first-order valence-corrected chi connectivity index (χ1v) is 11.8. The Morgan fingerprint density at radius 1 is 0.895 bits per heavy atom. The molecule has 0 saturated heterocycles. The summed E-state index contributed by atoms with van der Waals surface area (Å²) in [5, 5.41) is 7.53. The predicted molar refractivity (Wildman–Crippen MR) is 140 cm³/mol. The van der Waals surface area contributed by atoms with Crippen LogP contribution in [0.1, 0.15) is 40.0 Å². The van der Waals surface area contributed by atoms with Gasteiger partial charge in [0.05, 0.1) is 12.7 Å². The number of alkyl carbamates (subject to hydrolysis) is 1. The maximum absolute atomic E-state index is 12.4. The summed E-state index contributed by atoms with van der Waals surface area (Å²) in [6.07, 6.45) is 2.14. The van der Waals surface area contributed by atoms with Crippen LogP contribution in [0.2, 0.25) is 0 Å². The molecule has 3 amide bonds. The molecular weight excluding hydrogens is 500 g/mol. The van der Waals surface area contributed by atoms with Crippen molar-refractivity contribution in [3.63, 3.8) is 0 Å². The first-order valence-electron chi connectivity index (χ1n) is 11.8. The van der Waals surface area contributed by atoms with Gasteiger partial charge in [-0.25, -0.2) is 14.8 Å². The highest BCUT2D eigenvalue weighted by atomic mass is 16.6. The molecule has 16 heteroatoms. The first kappa shape index (κ1) is 29.8. The molecule has 38 heavy (non-hydrogen) atoms. The summed E-state index contributed by atoms with van der Waals surface area (Å²) in [4.78, 5) is 74.5. The van der Waals surface area contributed by atoms with Gasteiger partial charge >= 0.3 is 6.09 Å². The number of nitrogen functional groups attached to an aromatic ring is 2. The van der Waals surface area contributed by atoms with Crippen LogP contribution in [-0.4, -0.2) is 74.5 Å². The smallest absolute Gasteiger partial charge is 0.407 e. The SMILES string of the molecule is CC(C)(C)OC(=O)NCCCN(CCC(=O)Nc1c(N)nc[nH]c1=O)CCC(=O)Nc1c(N)nc[nH]c1=O. The van der Waals surface area contributed by atoms with Crippen molar-refractivity contribution in [2.45, 2.75) is 45.6 Å². The van der Waals surface area contributed by atoms with Gasteiger partial charge in [0.2, 0.25) is 11.8 Å². The molecule has 0 aliphatic rings. The number of carbonyl (C=O) groups is 3. The number of anilines is 4. The van der Waals surface area contributed by atoms with Gasteiger partial charge in [-0.1, -0.05) is 0 Å². The van der Waals surface area contributed by atoms with Crippen LogP contribution in [-0.2, 0) is 14.3 Å². The number of hydrogen-bond donors (Lipinski definition) is 7. The second-order valence-electron chi connectivity index (χ2n) is 9.20. The Hall–Kier alpha value is -4.47. The fourth-order valence-corrected chi connectivity index (χ4v) is 3.13. The van der Waals surface area contributed by atoms with E-state index >= 15 is 0 Å². The van der Waals surface area contributed by atoms with Crippen LogP contribution < -0.4 is 38.5 Å². The second-order valence-corrected chi connectivity index (χ2v) is 9.20. The third-order valence-corrected chi connectivity index (χ3v) is 4.92. The zero-order valence-corrected chi connectivity index (χ0v) is 21.6. The fourth-order valence-electron chi connectivity index (χ4n) is 3.13. The van der Waals surface area contributed by atoms with Crippen molar-refractivity contribution in [2.75, 3.05) is 48.3 Å². The van der Waals surface area contributed by atoms with Gasteiger partial charge in [-0.2, -0.15) is 0 Å². The Labute approximate surface area is 217 Å². The summed E-state index contributed by atoms with van der Waals surface area (Å²) < 4.78 is 5.20. The predicted octanol–water partition coefficient (Wildman–Crippen LogP) is -0.408. The van der Waals surface area contributed by atoms with Crippen LogP contribution in [0.25, 0.3) is 0 Å². The van der Waals surface area contributed by atoms with E-state index in [1.807, 2.05) is 4.90 Å². The molecule has 2 aromatic rings. The number of ether oxygens (including phenoxy) is 1. The highest BCUT2D eigenvalue weighted by Crippen LogP contribution is 2.10. The lowest BCUT2D eigenvalue weighted by atomic mass is 10.2. The lowest BCUT2D eigenvalue weighted by Gasteiger charge is -2.23. The number of rotatable bonds is 12. The minimum Gasteiger partial charge on any atom is -0.444 e. The topological polar surface area (TPSA) is 243 Å². The molecule has 0 atom stereocenters. The highest BCUT2D eigenvalue weighted by molar-refractivity contribution is 5.93. The molecule has 0 spiro atoms. The van der Waals surface area contributed by atoms with Crippen LogP contribution in [0.15, 0.2) is 22.2 Å². The van der Waals surface area contributed by atoms with Gasteiger partial charge < -0.3 is 47.0 Å². The number of nitrogens with zero attached hydrogens (tertiary/aromatic N) is 3. The molecule has 16 nitrogen and oxygen atoms in total. The van der Waals surface area contributed by atoms with E-state index in [0.29, 0.717) is 19.5 Å². The van der Waals surface area contributed by atoms with Crippen molar-refractivity contribution in [2.24, 2.45) is 0 Å². The highest BCUT2D eigenvalue weighted by Gasteiger charge is 2.17. The van der Waals surface area contributed by atoms with Gasteiger partial charge in [0.1, 0.15) is 17.0 Å². The van der Waals surface area contributed by atoms with Gasteiger partial charge in [-0.15, -0.1) is 0 Å². The summed E-state index contributed by atoms with van der Waals surface area (Å²) in [6, 6.07) is 0. The molecule has 2 rings (SSSR count). The van der Waals surface area contributed by atoms with Gasteiger partial charge in [0.15, 0.2) is 11.6 Å². The molecule has 0 fully saturated rings.